The number of aromatic nitrogens is 1. The Morgan fingerprint density at radius 1 is 0.686 bits per heavy atom. The predicted octanol–water partition coefficient (Wildman–Crippen LogP) is 8.66. The van der Waals surface area contributed by atoms with E-state index in [2.05, 4.69) is 13.8 Å². The number of rotatable bonds is 15. The van der Waals surface area contributed by atoms with Crippen molar-refractivity contribution in [1.29, 1.82) is 0 Å². The highest BCUT2D eigenvalue weighted by atomic mass is 19.1. The largest absolute Gasteiger partial charge is 0.616 e. The van der Waals surface area contributed by atoms with Crippen LogP contribution in [0.3, 0.4) is 0 Å². The lowest BCUT2D eigenvalue weighted by atomic mass is 10.0. The van der Waals surface area contributed by atoms with E-state index < -0.39 is 5.95 Å². The fourth-order valence-electron chi connectivity index (χ4n) is 4.34. The topological polar surface area (TPSA) is 36.2 Å². The molecule has 0 aliphatic rings. The maximum atomic E-state index is 15.0. The first-order chi connectivity index (χ1) is 17.1. The van der Waals surface area contributed by atoms with Crippen LogP contribution in [-0.4, -0.2) is 6.61 Å². The molecule has 35 heavy (non-hydrogen) atoms. The van der Waals surface area contributed by atoms with Crippen molar-refractivity contribution < 1.29 is 13.9 Å². The molecule has 4 heteroatoms. The van der Waals surface area contributed by atoms with Crippen molar-refractivity contribution in [3.05, 3.63) is 77.4 Å². The Morgan fingerprint density at radius 3 is 1.97 bits per heavy atom. The minimum atomic E-state index is -0.776. The van der Waals surface area contributed by atoms with E-state index in [1.54, 1.807) is 12.1 Å². The van der Waals surface area contributed by atoms with E-state index in [4.69, 9.17) is 4.74 Å². The molecule has 0 unspecified atom stereocenters. The van der Waals surface area contributed by atoms with E-state index in [1.807, 2.05) is 48.5 Å². The molecule has 0 amide bonds. The van der Waals surface area contributed by atoms with Gasteiger partial charge in [0.2, 0.25) is 5.69 Å². The molecule has 0 radical (unpaired) electrons. The number of hydrogen-bond acceptors (Lipinski definition) is 2. The maximum absolute atomic E-state index is 15.0. The zero-order valence-corrected chi connectivity index (χ0v) is 21.4. The molecule has 0 spiro atoms. The second-order valence-electron chi connectivity index (χ2n) is 9.37. The average Bonchev–Trinajstić information content (AvgIpc) is 2.89. The molecule has 0 aliphatic heterocycles. The fourth-order valence-corrected chi connectivity index (χ4v) is 4.34. The van der Waals surface area contributed by atoms with Crippen LogP contribution in [0.25, 0.3) is 22.4 Å². The molecule has 0 atom stereocenters. The third-order valence-electron chi connectivity index (χ3n) is 6.53. The molecule has 2 aromatic carbocycles. The molecule has 0 bridgehead atoms. The standard InChI is InChI=1S/C31H40FNO2/c1-3-5-7-9-10-12-24-35-28-20-18-27(19-21-28)30-23-22-29(31(32)33(30)34)26-16-14-25(15-17-26)13-11-8-6-4-2/h14-23H,3-13,24H2,1-2H3. The number of nitrogens with zero attached hydrogens (tertiary/aromatic N) is 1. The summed E-state index contributed by atoms with van der Waals surface area (Å²) >= 11 is 0. The van der Waals surface area contributed by atoms with E-state index in [1.165, 1.54) is 63.4 Å². The normalized spacial score (nSPS) is 11.1. The van der Waals surface area contributed by atoms with E-state index in [-0.39, 0.29) is 0 Å². The molecule has 0 fully saturated rings. The SMILES string of the molecule is CCCCCCCCOc1ccc(-c2ccc(-c3ccc(CCCCCC)cc3)c(F)[n+]2[O-])cc1. The summed E-state index contributed by atoms with van der Waals surface area (Å²) in [7, 11) is 0. The van der Waals surface area contributed by atoms with Gasteiger partial charge in [0.1, 0.15) is 5.75 Å². The van der Waals surface area contributed by atoms with E-state index >= 15 is 4.39 Å². The molecule has 3 aromatic rings. The molecule has 0 aliphatic carbocycles. The molecule has 0 N–H and O–H groups in total. The number of benzene rings is 2. The minimum absolute atomic E-state index is 0.293. The van der Waals surface area contributed by atoms with Gasteiger partial charge in [-0.2, -0.15) is 0 Å². The van der Waals surface area contributed by atoms with Crippen LogP contribution in [0.2, 0.25) is 0 Å². The van der Waals surface area contributed by atoms with Gasteiger partial charge in [-0.3, -0.25) is 0 Å². The quantitative estimate of drug-likeness (QED) is 0.0950. The van der Waals surface area contributed by atoms with Crippen LogP contribution in [0, 0.1) is 11.2 Å². The highest BCUT2D eigenvalue weighted by molar-refractivity contribution is 5.65. The number of halogens is 1. The fraction of sp³-hybridized carbons (Fsp3) is 0.452. The van der Waals surface area contributed by atoms with Crippen molar-refractivity contribution in [2.45, 2.75) is 84.5 Å². The van der Waals surface area contributed by atoms with Crippen LogP contribution >= 0.6 is 0 Å². The van der Waals surface area contributed by atoms with Gasteiger partial charge in [0, 0.05) is 11.6 Å². The number of ether oxygens (including phenoxy) is 1. The van der Waals surface area contributed by atoms with Crippen molar-refractivity contribution in [1.82, 2.24) is 0 Å². The Bertz CT molecular complexity index is 1020. The number of aryl methyl sites for hydroxylation is 1. The molecule has 1 heterocycles. The molecule has 188 valence electrons. The Morgan fingerprint density at radius 2 is 1.29 bits per heavy atom. The minimum Gasteiger partial charge on any atom is -0.616 e. The van der Waals surface area contributed by atoms with Gasteiger partial charge >= 0.3 is 5.95 Å². The van der Waals surface area contributed by atoms with Gasteiger partial charge in [-0.05, 0) is 60.7 Å². The lowest BCUT2D eigenvalue weighted by molar-refractivity contribution is -0.625. The summed E-state index contributed by atoms with van der Waals surface area (Å²) in [5, 5.41) is 12.7. The molecule has 3 rings (SSSR count). The molecule has 1 aromatic heterocycles. The van der Waals surface area contributed by atoms with Gasteiger partial charge in [-0.15, -0.1) is 9.12 Å². The summed E-state index contributed by atoms with van der Waals surface area (Å²) < 4.78 is 21.3. The van der Waals surface area contributed by atoms with Crippen LogP contribution in [0.15, 0.2) is 60.7 Å². The van der Waals surface area contributed by atoms with E-state index in [9.17, 15) is 5.21 Å². The van der Waals surface area contributed by atoms with E-state index in [0.717, 1.165) is 24.2 Å². The smallest absolute Gasteiger partial charge is 0.379 e. The summed E-state index contributed by atoms with van der Waals surface area (Å²) in [5.41, 5.74) is 3.24. The van der Waals surface area contributed by atoms with Crippen molar-refractivity contribution >= 4 is 0 Å². The maximum Gasteiger partial charge on any atom is 0.379 e. The van der Waals surface area contributed by atoms with Crippen molar-refractivity contribution in [2.24, 2.45) is 0 Å². The first-order valence-corrected chi connectivity index (χ1v) is 13.4. The second-order valence-corrected chi connectivity index (χ2v) is 9.37. The van der Waals surface area contributed by atoms with Crippen LogP contribution in [0.1, 0.15) is 83.6 Å². The second kappa shape index (κ2) is 14.5. The van der Waals surface area contributed by atoms with Gasteiger partial charge in [-0.1, -0.05) is 89.5 Å². The van der Waals surface area contributed by atoms with Crippen LogP contribution in [-0.2, 0) is 6.42 Å². The first kappa shape index (κ1) is 26.7. The summed E-state index contributed by atoms with van der Waals surface area (Å²) in [4.78, 5) is 0. The van der Waals surface area contributed by atoms with Gasteiger partial charge in [-0.25, -0.2) is 0 Å². The monoisotopic (exact) mass is 477 g/mol. The zero-order chi connectivity index (χ0) is 24.9. The lowest BCUT2D eigenvalue weighted by Gasteiger charge is -2.10. The van der Waals surface area contributed by atoms with Crippen LogP contribution in [0.5, 0.6) is 5.75 Å². The summed E-state index contributed by atoms with van der Waals surface area (Å²) in [6.45, 7) is 5.12. The molecular formula is C31H40FNO2. The average molecular weight is 478 g/mol. The van der Waals surface area contributed by atoms with E-state index in [0.29, 0.717) is 28.2 Å². The van der Waals surface area contributed by atoms with Gasteiger partial charge < -0.3 is 9.94 Å². The van der Waals surface area contributed by atoms with Crippen molar-refractivity contribution in [3.63, 3.8) is 0 Å². The summed E-state index contributed by atoms with van der Waals surface area (Å²) in [6.07, 6.45) is 13.2. The third-order valence-corrected chi connectivity index (χ3v) is 6.53. The summed E-state index contributed by atoms with van der Waals surface area (Å²) in [5.74, 6) is -0.00627. The predicted molar refractivity (Wildman–Crippen MR) is 143 cm³/mol. The summed E-state index contributed by atoms with van der Waals surface area (Å²) in [6, 6.07) is 18.6. The molecular weight excluding hydrogens is 437 g/mol. The Hall–Kier alpha value is -2.88. The number of hydrogen-bond donors (Lipinski definition) is 0. The van der Waals surface area contributed by atoms with Gasteiger partial charge in [0.05, 0.1) is 12.2 Å². The van der Waals surface area contributed by atoms with Gasteiger partial charge in [0.25, 0.3) is 0 Å². The van der Waals surface area contributed by atoms with Gasteiger partial charge in [0.15, 0.2) is 0 Å². The Balaban J connectivity index is 1.59. The molecule has 0 saturated carbocycles. The zero-order valence-electron chi connectivity index (χ0n) is 21.4. The number of unbranched alkanes of at least 4 members (excludes halogenated alkanes) is 8. The Labute approximate surface area is 210 Å². The highest BCUT2D eigenvalue weighted by Crippen LogP contribution is 2.26. The first-order valence-electron chi connectivity index (χ1n) is 13.4. The molecule has 3 nitrogen and oxygen atoms in total. The molecule has 0 saturated heterocycles. The Kier molecular flexibility index (Phi) is 11.1. The lowest BCUT2D eigenvalue weighted by Crippen LogP contribution is -2.34. The number of pyridine rings is 1. The highest BCUT2D eigenvalue weighted by Gasteiger charge is 2.19. The third kappa shape index (κ3) is 8.09. The van der Waals surface area contributed by atoms with Crippen molar-refractivity contribution in [2.75, 3.05) is 6.61 Å². The van der Waals surface area contributed by atoms with Crippen molar-refractivity contribution in [3.8, 4) is 28.1 Å². The van der Waals surface area contributed by atoms with Crippen LogP contribution in [0.4, 0.5) is 4.39 Å². The van der Waals surface area contributed by atoms with Crippen LogP contribution < -0.4 is 9.47 Å².